The number of methoxy groups -OCH3 is 1. The van der Waals surface area contributed by atoms with Crippen molar-refractivity contribution in [3.8, 4) is 0 Å². The Balaban J connectivity index is 2.56. The van der Waals surface area contributed by atoms with Crippen molar-refractivity contribution in [2.24, 2.45) is 0 Å². The third kappa shape index (κ3) is 2.82. The number of aromatic nitrogens is 1. The van der Waals surface area contributed by atoms with Crippen LogP contribution in [0.2, 0.25) is 0 Å². The van der Waals surface area contributed by atoms with E-state index in [0.29, 0.717) is 12.5 Å². The fourth-order valence-electron chi connectivity index (χ4n) is 1.13. The van der Waals surface area contributed by atoms with Crippen LogP contribution in [-0.4, -0.2) is 18.6 Å². The van der Waals surface area contributed by atoms with Crippen LogP contribution in [0.4, 0.5) is 0 Å². The highest BCUT2D eigenvalue weighted by Gasteiger charge is 2.10. The summed E-state index contributed by atoms with van der Waals surface area (Å²) >= 11 is 0. The van der Waals surface area contributed by atoms with Gasteiger partial charge in [0.1, 0.15) is 12.4 Å². The molecule has 4 nitrogen and oxygen atoms in total. The first kappa shape index (κ1) is 10.2. The second kappa shape index (κ2) is 4.99. The van der Waals surface area contributed by atoms with Gasteiger partial charge < -0.3 is 14.5 Å². The lowest BCUT2D eigenvalue weighted by Gasteiger charge is -2.06. The molecular weight excluding hydrogens is 168 g/mol. The molecule has 1 N–H and O–H groups in total. The quantitative estimate of drug-likeness (QED) is 0.753. The van der Waals surface area contributed by atoms with Gasteiger partial charge in [-0.3, -0.25) is 0 Å². The maximum atomic E-state index is 5.44. The Kier molecular flexibility index (Phi) is 3.92. The molecule has 1 heterocycles. The van der Waals surface area contributed by atoms with E-state index in [-0.39, 0.29) is 6.04 Å². The molecule has 0 saturated carbocycles. The maximum absolute atomic E-state index is 5.44. The Morgan fingerprint density at radius 2 is 2.46 bits per heavy atom. The molecule has 0 spiro atoms. The van der Waals surface area contributed by atoms with E-state index < -0.39 is 0 Å². The van der Waals surface area contributed by atoms with Gasteiger partial charge in [0.15, 0.2) is 0 Å². The third-order valence-electron chi connectivity index (χ3n) is 1.74. The molecule has 0 radical (unpaired) electrons. The molecule has 0 amide bonds. The molecule has 1 aromatic heterocycles. The normalized spacial score (nSPS) is 13.2. The minimum atomic E-state index is 0.163. The summed E-state index contributed by atoms with van der Waals surface area (Å²) in [6, 6.07) is 0.163. The lowest BCUT2D eigenvalue weighted by molar-refractivity contribution is 0.161. The molecule has 1 rings (SSSR count). The van der Waals surface area contributed by atoms with Crippen LogP contribution >= 0.6 is 0 Å². The molecule has 4 heteroatoms. The average molecular weight is 184 g/mol. The Labute approximate surface area is 78.3 Å². The summed E-state index contributed by atoms with van der Waals surface area (Å²) in [6.45, 7) is 5.45. The summed E-state index contributed by atoms with van der Waals surface area (Å²) in [7, 11) is 1.63. The number of ether oxygens (including phenoxy) is 1. The highest BCUT2D eigenvalue weighted by molar-refractivity contribution is 4.96. The molecular formula is C9H16N2O2. The summed E-state index contributed by atoms with van der Waals surface area (Å²) in [4.78, 5) is 4.14. The SMILES string of the molecule is CCNC(C)c1ncc(COC)o1. The zero-order valence-electron chi connectivity index (χ0n) is 8.33. The number of hydrogen-bond acceptors (Lipinski definition) is 4. The fraction of sp³-hybridized carbons (Fsp3) is 0.667. The summed E-state index contributed by atoms with van der Waals surface area (Å²) < 4.78 is 10.4. The van der Waals surface area contributed by atoms with Gasteiger partial charge in [-0.15, -0.1) is 0 Å². The van der Waals surface area contributed by atoms with Crippen LogP contribution in [0.25, 0.3) is 0 Å². The molecule has 74 valence electrons. The van der Waals surface area contributed by atoms with Crippen LogP contribution < -0.4 is 5.32 Å². The lowest BCUT2D eigenvalue weighted by atomic mass is 10.3. The minimum absolute atomic E-state index is 0.163. The standard InChI is InChI=1S/C9H16N2O2/c1-4-10-7(2)9-11-5-8(13-9)6-12-3/h5,7,10H,4,6H2,1-3H3. The van der Waals surface area contributed by atoms with E-state index in [0.717, 1.165) is 12.3 Å². The first-order valence-electron chi connectivity index (χ1n) is 4.44. The van der Waals surface area contributed by atoms with Crippen molar-refractivity contribution in [1.29, 1.82) is 0 Å². The van der Waals surface area contributed by atoms with Crippen molar-refractivity contribution in [2.45, 2.75) is 26.5 Å². The molecule has 0 aromatic carbocycles. The highest BCUT2D eigenvalue weighted by atomic mass is 16.5. The van der Waals surface area contributed by atoms with E-state index in [1.165, 1.54) is 0 Å². The molecule has 1 unspecified atom stereocenters. The van der Waals surface area contributed by atoms with E-state index in [1.807, 2.05) is 6.92 Å². The van der Waals surface area contributed by atoms with Crippen LogP contribution in [0.5, 0.6) is 0 Å². The van der Waals surface area contributed by atoms with Crippen LogP contribution in [-0.2, 0) is 11.3 Å². The van der Waals surface area contributed by atoms with Gasteiger partial charge >= 0.3 is 0 Å². The minimum Gasteiger partial charge on any atom is -0.442 e. The molecule has 0 aliphatic carbocycles. The zero-order valence-corrected chi connectivity index (χ0v) is 8.33. The van der Waals surface area contributed by atoms with Crippen molar-refractivity contribution in [2.75, 3.05) is 13.7 Å². The van der Waals surface area contributed by atoms with E-state index in [2.05, 4.69) is 17.2 Å². The van der Waals surface area contributed by atoms with Crippen molar-refractivity contribution in [3.63, 3.8) is 0 Å². The van der Waals surface area contributed by atoms with Gasteiger partial charge in [0.25, 0.3) is 0 Å². The Bertz CT molecular complexity index is 248. The topological polar surface area (TPSA) is 47.3 Å². The monoisotopic (exact) mass is 184 g/mol. The summed E-state index contributed by atoms with van der Waals surface area (Å²) in [5.41, 5.74) is 0. The summed E-state index contributed by atoms with van der Waals surface area (Å²) in [6.07, 6.45) is 1.70. The van der Waals surface area contributed by atoms with Crippen LogP contribution in [0.3, 0.4) is 0 Å². The van der Waals surface area contributed by atoms with Gasteiger partial charge in [-0.05, 0) is 13.5 Å². The van der Waals surface area contributed by atoms with Crippen LogP contribution in [0.15, 0.2) is 10.6 Å². The average Bonchev–Trinajstić information content (AvgIpc) is 2.54. The Morgan fingerprint density at radius 3 is 3.08 bits per heavy atom. The maximum Gasteiger partial charge on any atom is 0.211 e. The molecule has 1 aromatic rings. The fourth-order valence-corrected chi connectivity index (χ4v) is 1.13. The van der Waals surface area contributed by atoms with Gasteiger partial charge in [-0.25, -0.2) is 4.98 Å². The predicted octanol–water partition coefficient (Wildman–Crippen LogP) is 1.49. The number of nitrogens with one attached hydrogen (secondary N) is 1. The smallest absolute Gasteiger partial charge is 0.211 e. The van der Waals surface area contributed by atoms with E-state index in [1.54, 1.807) is 13.3 Å². The molecule has 1 atom stereocenters. The van der Waals surface area contributed by atoms with Gasteiger partial charge in [0.05, 0.1) is 12.2 Å². The van der Waals surface area contributed by atoms with Gasteiger partial charge in [-0.2, -0.15) is 0 Å². The Morgan fingerprint density at radius 1 is 1.69 bits per heavy atom. The molecule has 13 heavy (non-hydrogen) atoms. The van der Waals surface area contributed by atoms with Crippen molar-refractivity contribution < 1.29 is 9.15 Å². The zero-order chi connectivity index (χ0) is 9.68. The van der Waals surface area contributed by atoms with Crippen LogP contribution in [0, 0.1) is 0 Å². The van der Waals surface area contributed by atoms with Crippen molar-refractivity contribution >= 4 is 0 Å². The number of nitrogens with zero attached hydrogens (tertiary/aromatic N) is 1. The first-order valence-corrected chi connectivity index (χ1v) is 4.44. The molecule has 0 saturated heterocycles. The van der Waals surface area contributed by atoms with Crippen molar-refractivity contribution in [1.82, 2.24) is 10.3 Å². The first-order chi connectivity index (χ1) is 6.27. The Hall–Kier alpha value is -0.870. The predicted molar refractivity (Wildman–Crippen MR) is 49.3 cm³/mol. The van der Waals surface area contributed by atoms with E-state index in [9.17, 15) is 0 Å². The van der Waals surface area contributed by atoms with Gasteiger partial charge in [0.2, 0.25) is 5.89 Å². The second-order valence-corrected chi connectivity index (χ2v) is 2.88. The largest absolute Gasteiger partial charge is 0.442 e. The highest BCUT2D eigenvalue weighted by Crippen LogP contribution is 2.12. The molecule has 0 aliphatic heterocycles. The van der Waals surface area contributed by atoms with E-state index >= 15 is 0 Å². The number of hydrogen-bond donors (Lipinski definition) is 1. The number of oxazole rings is 1. The van der Waals surface area contributed by atoms with E-state index in [4.69, 9.17) is 9.15 Å². The molecule has 0 bridgehead atoms. The summed E-state index contributed by atoms with van der Waals surface area (Å²) in [5.74, 6) is 1.48. The molecule has 0 aliphatic rings. The number of rotatable bonds is 5. The van der Waals surface area contributed by atoms with Crippen LogP contribution in [0.1, 0.15) is 31.5 Å². The second-order valence-electron chi connectivity index (χ2n) is 2.88. The third-order valence-corrected chi connectivity index (χ3v) is 1.74. The molecule has 0 fully saturated rings. The van der Waals surface area contributed by atoms with Gasteiger partial charge in [0, 0.05) is 7.11 Å². The lowest BCUT2D eigenvalue weighted by Crippen LogP contribution is -2.17. The summed E-state index contributed by atoms with van der Waals surface area (Å²) in [5, 5.41) is 3.22. The van der Waals surface area contributed by atoms with Crippen molar-refractivity contribution in [3.05, 3.63) is 17.8 Å². The van der Waals surface area contributed by atoms with Gasteiger partial charge in [-0.1, -0.05) is 6.92 Å².